The Labute approximate surface area is 197 Å². The lowest BCUT2D eigenvalue weighted by Crippen LogP contribution is -2.33. The zero-order valence-electron chi connectivity index (χ0n) is 18.0. The molecule has 1 aromatic heterocycles. The molecule has 0 spiro atoms. The second-order valence-corrected chi connectivity index (χ2v) is 9.46. The molecule has 3 rings (SSSR count). The highest BCUT2D eigenvalue weighted by Crippen LogP contribution is 2.30. The van der Waals surface area contributed by atoms with Crippen LogP contribution >= 0.6 is 35.0 Å². The molecule has 2 aromatic carbocycles. The number of amides is 1. The van der Waals surface area contributed by atoms with Gasteiger partial charge < -0.3 is 9.88 Å². The van der Waals surface area contributed by atoms with E-state index in [4.69, 9.17) is 23.2 Å². The van der Waals surface area contributed by atoms with Gasteiger partial charge in [-0.2, -0.15) is 0 Å². The molecule has 0 radical (unpaired) electrons. The number of thioether (sulfide) groups is 1. The third-order valence-electron chi connectivity index (χ3n) is 4.98. The summed E-state index contributed by atoms with van der Waals surface area (Å²) >= 11 is 13.9. The second kappa shape index (κ2) is 10.5. The smallest absolute Gasteiger partial charge is 0.251 e. The molecular formula is C23H26Cl2N4OS. The van der Waals surface area contributed by atoms with Crippen molar-refractivity contribution in [2.24, 2.45) is 5.92 Å². The third kappa shape index (κ3) is 5.82. The Balaban J connectivity index is 1.80. The Hall–Kier alpha value is -2.02. The molecule has 31 heavy (non-hydrogen) atoms. The van der Waals surface area contributed by atoms with Gasteiger partial charge in [0.25, 0.3) is 5.91 Å². The van der Waals surface area contributed by atoms with Crippen molar-refractivity contribution in [3.63, 3.8) is 0 Å². The summed E-state index contributed by atoms with van der Waals surface area (Å²) in [6.07, 6.45) is 0. The van der Waals surface area contributed by atoms with E-state index in [-0.39, 0.29) is 17.9 Å². The lowest BCUT2D eigenvalue weighted by Gasteiger charge is -2.22. The topological polar surface area (TPSA) is 59.8 Å². The van der Waals surface area contributed by atoms with Crippen molar-refractivity contribution < 1.29 is 4.79 Å². The lowest BCUT2D eigenvalue weighted by molar-refractivity contribution is 0.0922. The number of hydrogen-bond acceptors (Lipinski definition) is 4. The van der Waals surface area contributed by atoms with Gasteiger partial charge in [0.15, 0.2) is 11.0 Å². The molecule has 0 unspecified atom stereocenters. The van der Waals surface area contributed by atoms with Gasteiger partial charge in [-0.05, 0) is 49.6 Å². The van der Waals surface area contributed by atoms with Crippen molar-refractivity contribution in [3.05, 3.63) is 75.0 Å². The minimum atomic E-state index is -0.255. The van der Waals surface area contributed by atoms with Crippen molar-refractivity contribution >= 4 is 40.9 Å². The van der Waals surface area contributed by atoms with Crippen LogP contribution in [0.4, 0.5) is 0 Å². The van der Waals surface area contributed by atoms with E-state index in [0.717, 1.165) is 22.1 Å². The van der Waals surface area contributed by atoms with Crippen molar-refractivity contribution in [3.8, 4) is 0 Å². The van der Waals surface area contributed by atoms with Crippen LogP contribution in [0.1, 0.15) is 54.1 Å². The second-order valence-electron chi connectivity index (χ2n) is 7.67. The van der Waals surface area contributed by atoms with E-state index in [9.17, 15) is 4.79 Å². The number of halogens is 2. The van der Waals surface area contributed by atoms with Gasteiger partial charge in [0, 0.05) is 27.9 Å². The predicted molar refractivity (Wildman–Crippen MR) is 128 cm³/mol. The molecule has 0 aliphatic carbocycles. The number of nitrogens with one attached hydrogen (secondary N) is 1. The summed E-state index contributed by atoms with van der Waals surface area (Å²) in [5.41, 5.74) is 2.73. The molecule has 0 fully saturated rings. The number of benzene rings is 2. The zero-order chi connectivity index (χ0) is 22.5. The van der Waals surface area contributed by atoms with Gasteiger partial charge >= 0.3 is 0 Å². The van der Waals surface area contributed by atoms with E-state index >= 15 is 0 Å². The van der Waals surface area contributed by atoms with Crippen molar-refractivity contribution in [2.75, 3.05) is 0 Å². The Morgan fingerprint density at radius 2 is 1.84 bits per heavy atom. The van der Waals surface area contributed by atoms with E-state index in [1.807, 2.05) is 50.2 Å². The molecule has 1 heterocycles. The van der Waals surface area contributed by atoms with Gasteiger partial charge in [-0.25, -0.2) is 0 Å². The highest BCUT2D eigenvalue weighted by molar-refractivity contribution is 7.98. The summed E-state index contributed by atoms with van der Waals surface area (Å²) in [4.78, 5) is 12.8. The number of carbonyl (C=O) groups is 1. The van der Waals surface area contributed by atoms with Crippen molar-refractivity contribution in [2.45, 2.75) is 51.2 Å². The van der Waals surface area contributed by atoms with Gasteiger partial charge in [-0.1, -0.05) is 72.6 Å². The van der Waals surface area contributed by atoms with Crippen LogP contribution in [0.25, 0.3) is 0 Å². The molecule has 5 nitrogen and oxygen atoms in total. The molecule has 0 aliphatic heterocycles. The molecule has 0 aliphatic rings. The first-order chi connectivity index (χ1) is 14.8. The Morgan fingerprint density at radius 1 is 1.13 bits per heavy atom. The summed E-state index contributed by atoms with van der Waals surface area (Å²) in [6, 6.07) is 12.8. The SMILES string of the molecule is CCn1c(SCc2ccc(Cl)cc2Cl)nnc1[C@@H](NC(=O)c1ccc(C)cc1)C(C)C. The quantitative estimate of drug-likeness (QED) is 0.385. The average Bonchev–Trinajstić information content (AvgIpc) is 3.14. The molecule has 0 saturated heterocycles. The van der Waals surface area contributed by atoms with E-state index in [2.05, 4.69) is 33.9 Å². The van der Waals surface area contributed by atoms with Crippen LogP contribution in [0.2, 0.25) is 10.0 Å². The maximum atomic E-state index is 12.8. The van der Waals surface area contributed by atoms with Gasteiger partial charge in [-0.15, -0.1) is 10.2 Å². The Bertz CT molecular complexity index is 1050. The third-order valence-corrected chi connectivity index (χ3v) is 6.58. The highest BCUT2D eigenvalue weighted by atomic mass is 35.5. The van der Waals surface area contributed by atoms with E-state index < -0.39 is 0 Å². The number of rotatable bonds is 8. The molecule has 8 heteroatoms. The maximum Gasteiger partial charge on any atom is 0.251 e. The molecule has 0 saturated carbocycles. The van der Waals surface area contributed by atoms with Crippen LogP contribution in [-0.4, -0.2) is 20.7 Å². The summed E-state index contributed by atoms with van der Waals surface area (Å²) in [5, 5.41) is 14.0. The van der Waals surface area contributed by atoms with Crippen LogP contribution in [-0.2, 0) is 12.3 Å². The first-order valence-electron chi connectivity index (χ1n) is 10.2. The summed E-state index contributed by atoms with van der Waals surface area (Å²) in [7, 11) is 0. The summed E-state index contributed by atoms with van der Waals surface area (Å²) < 4.78 is 2.05. The molecular weight excluding hydrogens is 451 g/mol. The van der Waals surface area contributed by atoms with E-state index in [1.165, 1.54) is 0 Å². The Kier molecular flexibility index (Phi) is 8.03. The standard InChI is InChI=1S/C23H26Cl2N4OS/c1-5-29-21(20(14(2)3)26-22(30)16-8-6-15(4)7-9-16)27-28-23(29)31-13-17-10-11-18(24)12-19(17)25/h6-12,14,20H,5,13H2,1-4H3,(H,26,30)/t20-/m0/s1. The van der Waals surface area contributed by atoms with E-state index in [0.29, 0.717) is 27.9 Å². The highest BCUT2D eigenvalue weighted by Gasteiger charge is 2.26. The first kappa shape index (κ1) is 23.6. The summed E-state index contributed by atoms with van der Waals surface area (Å²) in [6.45, 7) is 8.87. The van der Waals surface area contributed by atoms with Gasteiger partial charge in [-0.3, -0.25) is 4.79 Å². The molecule has 3 aromatic rings. The van der Waals surface area contributed by atoms with Crippen LogP contribution in [0, 0.1) is 12.8 Å². The number of nitrogens with zero attached hydrogens (tertiary/aromatic N) is 3. The van der Waals surface area contributed by atoms with Gasteiger partial charge in [0.2, 0.25) is 0 Å². The molecule has 164 valence electrons. The number of hydrogen-bond donors (Lipinski definition) is 1. The molecule has 1 N–H and O–H groups in total. The zero-order valence-corrected chi connectivity index (χ0v) is 20.4. The number of carbonyl (C=O) groups excluding carboxylic acids is 1. The lowest BCUT2D eigenvalue weighted by atomic mass is 10.0. The Morgan fingerprint density at radius 3 is 2.45 bits per heavy atom. The summed E-state index contributed by atoms with van der Waals surface area (Å²) in [5.74, 6) is 1.43. The molecule has 1 atom stereocenters. The van der Waals surface area contributed by atoms with Gasteiger partial charge in [0.05, 0.1) is 6.04 Å². The van der Waals surface area contributed by atoms with Crippen molar-refractivity contribution in [1.82, 2.24) is 20.1 Å². The first-order valence-corrected chi connectivity index (χ1v) is 11.9. The largest absolute Gasteiger partial charge is 0.342 e. The van der Waals surface area contributed by atoms with Crippen LogP contribution in [0.5, 0.6) is 0 Å². The maximum absolute atomic E-state index is 12.8. The monoisotopic (exact) mass is 476 g/mol. The number of aryl methyl sites for hydroxylation is 1. The fourth-order valence-electron chi connectivity index (χ4n) is 3.17. The van der Waals surface area contributed by atoms with E-state index in [1.54, 1.807) is 17.8 Å². The average molecular weight is 477 g/mol. The van der Waals surface area contributed by atoms with Crippen LogP contribution in [0.3, 0.4) is 0 Å². The predicted octanol–water partition coefficient (Wildman–Crippen LogP) is 6.33. The van der Waals surface area contributed by atoms with Crippen LogP contribution in [0.15, 0.2) is 47.6 Å². The number of aromatic nitrogens is 3. The molecule has 1 amide bonds. The van der Waals surface area contributed by atoms with Crippen molar-refractivity contribution in [1.29, 1.82) is 0 Å². The van der Waals surface area contributed by atoms with Gasteiger partial charge in [0.1, 0.15) is 0 Å². The minimum Gasteiger partial charge on any atom is -0.342 e. The molecule has 0 bridgehead atoms. The van der Waals surface area contributed by atoms with Crippen LogP contribution < -0.4 is 5.32 Å². The normalized spacial score (nSPS) is 12.2. The fraction of sp³-hybridized carbons (Fsp3) is 0.348. The minimum absolute atomic E-state index is 0.119. The fourth-order valence-corrected chi connectivity index (χ4v) is 4.74.